The van der Waals surface area contributed by atoms with Gasteiger partial charge in [0.15, 0.2) is 0 Å². The summed E-state index contributed by atoms with van der Waals surface area (Å²) in [6, 6.07) is 0.544. The van der Waals surface area contributed by atoms with Gasteiger partial charge >= 0.3 is 0 Å². The first kappa shape index (κ1) is 7.60. The molecule has 2 fully saturated rings. The van der Waals surface area contributed by atoms with E-state index in [0.717, 1.165) is 0 Å². The van der Waals surface area contributed by atoms with Crippen molar-refractivity contribution in [3.8, 4) is 0 Å². The molecule has 0 saturated heterocycles. The van der Waals surface area contributed by atoms with Crippen molar-refractivity contribution in [2.75, 3.05) is 0 Å². The minimum atomic E-state index is 0.544. The van der Waals surface area contributed by atoms with E-state index in [1.54, 1.807) is 0 Å². The number of hydrogen-bond donors (Lipinski definition) is 1. The molecular weight excluding hydrogens is 134 g/mol. The summed E-state index contributed by atoms with van der Waals surface area (Å²) in [5.41, 5.74) is 6.75. The van der Waals surface area contributed by atoms with E-state index in [0.29, 0.717) is 11.5 Å². The van der Waals surface area contributed by atoms with Crippen LogP contribution in [0.2, 0.25) is 0 Å². The zero-order chi connectivity index (χ0) is 7.73. The Morgan fingerprint density at radius 3 is 2.09 bits per heavy atom. The molecule has 0 aromatic carbocycles. The Morgan fingerprint density at radius 1 is 0.909 bits per heavy atom. The van der Waals surface area contributed by atoms with Gasteiger partial charge in [-0.15, -0.1) is 0 Å². The third-order valence-electron chi connectivity index (χ3n) is 3.83. The second-order valence-corrected chi connectivity index (χ2v) is 4.42. The van der Waals surface area contributed by atoms with Crippen LogP contribution < -0.4 is 5.73 Å². The van der Waals surface area contributed by atoms with Gasteiger partial charge in [0, 0.05) is 6.04 Å². The highest BCUT2D eigenvalue weighted by atomic mass is 14.7. The summed E-state index contributed by atoms with van der Waals surface area (Å²) in [6.07, 6.45) is 11.3. The van der Waals surface area contributed by atoms with Crippen LogP contribution in [-0.4, -0.2) is 6.04 Å². The Hall–Kier alpha value is -0.0400. The molecule has 2 N–H and O–H groups in total. The minimum Gasteiger partial charge on any atom is -0.327 e. The molecule has 1 nitrogen and oxygen atoms in total. The Kier molecular flexibility index (Phi) is 1.92. The van der Waals surface area contributed by atoms with E-state index < -0.39 is 0 Å². The highest BCUT2D eigenvalue weighted by Crippen LogP contribution is 2.47. The number of hydrogen-bond acceptors (Lipinski definition) is 1. The summed E-state index contributed by atoms with van der Waals surface area (Å²) in [5, 5.41) is 0. The summed E-state index contributed by atoms with van der Waals surface area (Å²) >= 11 is 0. The van der Waals surface area contributed by atoms with Crippen LogP contribution in [0.5, 0.6) is 0 Å². The van der Waals surface area contributed by atoms with Crippen molar-refractivity contribution >= 4 is 0 Å². The highest BCUT2D eigenvalue weighted by Gasteiger charge is 2.40. The van der Waals surface area contributed by atoms with Crippen LogP contribution in [-0.2, 0) is 0 Å². The largest absolute Gasteiger partial charge is 0.327 e. The zero-order valence-electron chi connectivity index (χ0n) is 7.31. The second-order valence-electron chi connectivity index (χ2n) is 4.42. The van der Waals surface area contributed by atoms with E-state index in [1.807, 2.05) is 0 Å². The van der Waals surface area contributed by atoms with Gasteiger partial charge in [-0.3, -0.25) is 0 Å². The Balaban J connectivity index is 2.06. The van der Waals surface area contributed by atoms with Gasteiger partial charge in [-0.25, -0.2) is 0 Å². The summed E-state index contributed by atoms with van der Waals surface area (Å²) < 4.78 is 0. The molecule has 0 amide bonds. The summed E-state index contributed by atoms with van der Waals surface area (Å²) in [5.74, 6) is 0. The van der Waals surface area contributed by atoms with Gasteiger partial charge in [0.05, 0.1) is 0 Å². The number of rotatable bonds is 0. The molecule has 2 aliphatic carbocycles. The van der Waals surface area contributed by atoms with E-state index >= 15 is 0 Å². The van der Waals surface area contributed by atoms with Gasteiger partial charge in [-0.2, -0.15) is 0 Å². The van der Waals surface area contributed by atoms with Crippen LogP contribution in [0.25, 0.3) is 0 Å². The smallest absolute Gasteiger partial charge is 0.00955 e. The monoisotopic (exact) mass is 153 g/mol. The van der Waals surface area contributed by atoms with Crippen LogP contribution in [0, 0.1) is 5.41 Å². The van der Waals surface area contributed by atoms with Crippen LogP contribution >= 0.6 is 0 Å². The van der Waals surface area contributed by atoms with Gasteiger partial charge in [0.2, 0.25) is 0 Å². The first-order valence-electron chi connectivity index (χ1n) is 5.09. The average Bonchev–Trinajstić information content (AvgIpc) is 2.36. The molecule has 0 radical (unpaired) electrons. The molecule has 0 aliphatic heterocycles. The molecule has 2 aliphatic rings. The Morgan fingerprint density at radius 2 is 1.55 bits per heavy atom. The van der Waals surface area contributed by atoms with Gasteiger partial charge < -0.3 is 5.73 Å². The maximum absolute atomic E-state index is 6.14. The molecule has 1 unspecified atom stereocenters. The summed E-state index contributed by atoms with van der Waals surface area (Å²) in [7, 11) is 0. The fourth-order valence-corrected chi connectivity index (χ4v) is 3.04. The molecule has 64 valence electrons. The van der Waals surface area contributed by atoms with Gasteiger partial charge in [-0.1, -0.05) is 25.7 Å². The number of nitrogens with two attached hydrogens (primary N) is 1. The molecule has 0 bridgehead atoms. The molecule has 1 atom stereocenters. The maximum Gasteiger partial charge on any atom is 0.00955 e. The first-order valence-corrected chi connectivity index (χ1v) is 5.09. The quantitative estimate of drug-likeness (QED) is 0.568. The SMILES string of the molecule is NC1CCCC12CCCCC2. The van der Waals surface area contributed by atoms with E-state index in [9.17, 15) is 0 Å². The van der Waals surface area contributed by atoms with Crippen molar-refractivity contribution in [3.05, 3.63) is 0 Å². The van der Waals surface area contributed by atoms with Crippen molar-refractivity contribution in [1.29, 1.82) is 0 Å². The second kappa shape index (κ2) is 2.78. The fraction of sp³-hybridized carbons (Fsp3) is 1.00. The lowest BCUT2D eigenvalue weighted by Gasteiger charge is -2.37. The van der Waals surface area contributed by atoms with Crippen LogP contribution in [0.15, 0.2) is 0 Å². The third-order valence-corrected chi connectivity index (χ3v) is 3.83. The van der Waals surface area contributed by atoms with E-state index in [1.165, 1.54) is 51.4 Å². The molecule has 2 rings (SSSR count). The molecule has 2 saturated carbocycles. The van der Waals surface area contributed by atoms with Gasteiger partial charge in [-0.05, 0) is 31.1 Å². The van der Waals surface area contributed by atoms with E-state index in [4.69, 9.17) is 5.73 Å². The predicted octanol–water partition coefficient (Wildman–Crippen LogP) is 2.45. The molecule has 1 spiro atoms. The molecule has 11 heavy (non-hydrogen) atoms. The fourth-order valence-electron chi connectivity index (χ4n) is 3.04. The topological polar surface area (TPSA) is 26.0 Å². The van der Waals surface area contributed by atoms with Crippen LogP contribution in [0.1, 0.15) is 51.4 Å². The van der Waals surface area contributed by atoms with Crippen LogP contribution in [0.3, 0.4) is 0 Å². The highest BCUT2D eigenvalue weighted by molar-refractivity contribution is 4.95. The van der Waals surface area contributed by atoms with Crippen molar-refractivity contribution in [3.63, 3.8) is 0 Å². The first-order chi connectivity index (χ1) is 5.33. The molecule has 1 heteroatoms. The lowest BCUT2D eigenvalue weighted by atomic mass is 9.71. The van der Waals surface area contributed by atoms with Gasteiger partial charge in [0.1, 0.15) is 0 Å². The third kappa shape index (κ3) is 1.20. The molecule has 0 aromatic heterocycles. The standard InChI is InChI=1S/C10H19N/c11-9-5-4-8-10(9)6-2-1-3-7-10/h9H,1-8,11H2. The Bertz CT molecular complexity index is 136. The maximum atomic E-state index is 6.14. The van der Waals surface area contributed by atoms with Gasteiger partial charge in [0.25, 0.3) is 0 Å². The molecule has 0 heterocycles. The molecule has 0 aromatic rings. The van der Waals surface area contributed by atoms with E-state index in [2.05, 4.69) is 0 Å². The lowest BCUT2D eigenvalue weighted by Crippen LogP contribution is -2.38. The predicted molar refractivity (Wildman–Crippen MR) is 47.3 cm³/mol. The van der Waals surface area contributed by atoms with Crippen molar-refractivity contribution in [2.45, 2.75) is 57.4 Å². The van der Waals surface area contributed by atoms with Crippen LogP contribution in [0.4, 0.5) is 0 Å². The van der Waals surface area contributed by atoms with Crippen molar-refractivity contribution in [1.82, 2.24) is 0 Å². The van der Waals surface area contributed by atoms with Crippen molar-refractivity contribution < 1.29 is 0 Å². The average molecular weight is 153 g/mol. The summed E-state index contributed by atoms with van der Waals surface area (Å²) in [4.78, 5) is 0. The summed E-state index contributed by atoms with van der Waals surface area (Å²) in [6.45, 7) is 0. The lowest BCUT2D eigenvalue weighted by molar-refractivity contribution is 0.172. The molecular formula is C10H19N. The van der Waals surface area contributed by atoms with E-state index in [-0.39, 0.29) is 0 Å². The minimum absolute atomic E-state index is 0.544. The van der Waals surface area contributed by atoms with Crippen molar-refractivity contribution in [2.24, 2.45) is 11.1 Å². The zero-order valence-corrected chi connectivity index (χ0v) is 7.31. The Labute approximate surface area is 69.4 Å². The normalized spacial score (nSPS) is 36.3.